The molecule has 0 aromatic carbocycles. The van der Waals surface area contributed by atoms with E-state index in [0.717, 1.165) is 17.8 Å². The van der Waals surface area contributed by atoms with Gasteiger partial charge in [-0.2, -0.15) is 5.10 Å². The first-order chi connectivity index (χ1) is 8.24. The highest BCUT2D eigenvalue weighted by Gasteiger charge is 2.14. The fourth-order valence-electron chi connectivity index (χ4n) is 1.93. The Balaban J connectivity index is 2.87. The van der Waals surface area contributed by atoms with E-state index in [1.165, 1.54) is 11.8 Å². The van der Waals surface area contributed by atoms with Crippen LogP contribution >= 0.6 is 0 Å². The van der Waals surface area contributed by atoms with Gasteiger partial charge in [0.1, 0.15) is 9.84 Å². The molecule has 0 bridgehead atoms. The second-order valence-corrected chi connectivity index (χ2v) is 7.31. The van der Waals surface area contributed by atoms with Gasteiger partial charge in [-0.05, 0) is 38.3 Å². The van der Waals surface area contributed by atoms with Crippen LogP contribution in [-0.2, 0) is 22.8 Å². The molecule has 104 valence electrons. The Kier molecular flexibility index (Phi) is 4.92. The van der Waals surface area contributed by atoms with E-state index in [0.29, 0.717) is 19.0 Å². The number of aromatic nitrogens is 2. The number of sulfone groups is 1. The highest BCUT2D eigenvalue weighted by atomic mass is 32.2. The summed E-state index contributed by atoms with van der Waals surface area (Å²) in [6.07, 6.45) is 2.14. The molecule has 2 N–H and O–H groups in total. The predicted octanol–water partition coefficient (Wildman–Crippen LogP) is 0.682. The fraction of sp³-hybridized carbons (Fsp3) is 0.750. The largest absolute Gasteiger partial charge is 0.330 e. The molecule has 0 aliphatic heterocycles. The zero-order chi connectivity index (χ0) is 13.9. The molecule has 0 saturated heterocycles. The predicted molar refractivity (Wildman–Crippen MR) is 73.3 cm³/mol. The summed E-state index contributed by atoms with van der Waals surface area (Å²) in [6, 6.07) is 0. The number of nitrogens with zero attached hydrogens (tertiary/aromatic N) is 2. The third kappa shape index (κ3) is 4.10. The van der Waals surface area contributed by atoms with E-state index < -0.39 is 9.84 Å². The van der Waals surface area contributed by atoms with Crippen LogP contribution in [0.3, 0.4) is 0 Å². The van der Waals surface area contributed by atoms with Crippen LogP contribution < -0.4 is 5.73 Å². The first kappa shape index (κ1) is 15.2. The summed E-state index contributed by atoms with van der Waals surface area (Å²) in [5.41, 5.74) is 8.86. The topological polar surface area (TPSA) is 78.0 Å². The Morgan fingerprint density at radius 2 is 2.00 bits per heavy atom. The van der Waals surface area contributed by atoms with E-state index in [9.17, 15) is 8.42 Å². The zero-order valence-electron chi connectivity index (χ0n) is 11.6. The lowest BCUT2D eigenvalue weighted by molar-refractivity contribution is 0.577. The second kappa shape index (κ2) is 5.84. The first-order valence-electron chi connectivity index (χ1n) is 6.15. The molecule has 0 spiro atoms. The van der Waals surface area contributed by atoms with Gasteiger partial charge in [0.25, 0.3) is 0 Å². The number of aryl methyl sites for hydroxylation is 2. The Bertz CT molecular complexity index is 506. The molecule has 1 aromatic heterocycles. The van der Waals surface area contributed by atoms with Crippen molar-refractivity contribution in [2.24, 2.45) is 11.7 Å². The molecule has 1 rings (SSSR count). The van der Waals surface area contributed by atoms with Crippen LogP contribution in [0.15, 0.2) is 0 Å². The molecule has 18 heavy (non-hydrogen) atoms. The average Bonchev–Trinajstić information content (AvgIpc) is 2.53. The van der Waals surface area contributed by atoms with Crippen LogP contribution in [0.1, 0.15) is 23.9 Å². The summed E-state index contributed by atoms with van der Waals surface area (Å²) in [6.45, 7) is 7.12. The monoisotopic (exact) mass is 273 g/mol. The zero-order valence-corrected chi connectivity index (χ0v) is 12.4. The van der Waals surface area contributed by atoms with Crippen molar-refractivity contribution in [2.45, 2.75) is 33.7 Å². The maximum atomic E-state index is 11.2. The van der Waals surface area contributed by atoms with Gasteiger partial charge in [-0.15, -0.1) is 0 Å². The van der Waals surface area contributed by atoms with Crippen LogP contribution in [0.25, 0.3) is 0 Å². The van der Waals surface area contributed by atoms with E-state index in [4.69, 9.17) is 5.73 Å². The minimum atomic E-state index is -2.95. The van der Waals surface area contributed by atoms with Gasteiger partial charge in [0.05, 0.1) is 18.0 Å². The molecular formula is C12H23N3O2S. The maximum absolute atomic E-state index is 11.2. The van der Waals surface area contributed by atoms with E-state index >= 15 is 0 Å². The normalized spacial score (nSPS) is 13.8. The van der Waals surface area contributed by atoms with Crippen LogP contribution in [0.4, 0.5) is 0 Å². The van der Waals surface area contributed by atoms with Crippen molar-refractivity contribution in [3.05, 3.63) is 17.0 Å². The summed E-state index contributed by atoms with van der Waals surface area (Å²) >= 11 is 0. The molecule has 0 saturated carbocycles. The van der Waals surface area contributed by atoms with Crippen LogP contribution in [0.5, 0.6) is 0 Å². The Hall–Kier alpha value is -0.880. The van der Waals surface area contributed by atoms with Gasteiger partial charge in [-0.3, -0.25) is 4.68 Å². The molecule has 1 aromatic rings. The standard InChI is InChI=1S/C12H23N3O2S/c1-9(8-13)7-12-10(2)14-15(11(12)3)5-6-18(4,16)17/h9H,5-8,13H2,1-4H3. The minimum absolute atomic E-state index is 0.126. The van der Waals surface area contributed by atoms with Crippen molar-refractivity contribution in [1.82, 2.24) is 9.78 Å². The van der Waals surface area contributed by atoms with Crippen molar-refractivity contribution in [1.29, 1.82) is 0 Å². The summed E-state index contributed by atoms with van der Waals surface area (Å²) in [4.78, 5) is 0. The Labute approximate surface area is 109 Å². The summed E-state index contributed by atoms with van der Waals surface area (Å²) in [5.74, 6) is 0.538. The van der Waals surface area contributed by atoms with Gasteiger partial charge >= 0.3 is 0 Å². The molecule has 0 amide bonds. The number of rotatable bonds is 6. The third-order valence-corrected chi connectivity index (χ3v) is 4.08. The molecule has 0 aliphatic carbocycles. The fourth-order valence-corrected chi connectivity index (χ4v) is 2.44. The van der Waals surface area contributed by atoms with Gasteiger partial charge in [0.2, 0.25) is 0 Å². The quantitative estimate of drug-likeness (QED) is 0.827. The SMILES string of the molecule is Cc1nn(CCS(C)(=O)=O)c(C)c1CC(C)CN. The lowest BCUT2D eigenvalue weighted by Crippen LogP contribution is -2.15. The van der Waals surface area contributed by atoms with Crippen LogP contribution in [0.2, 0.25) is 0 Å². The number of hydrogen-bond donors (Lipinski definition) is 1. The van der Waals surface area contributed by atoms with Gasteiger partial charge in [-0.1, -0.05) is 6.92 Å². The summed E-state index contributed by atoms with van der Waals surface area (Å²) in [7, 11) is -2.95. The van der Waals surface area contributed by atoms with Crippen LogP contribution in [-0.4, -0.2) is 36.8 Å². The molecule has 0 radical (unpaired) electrons. The Morgan fingerprint density at radius 3 is 2.50 bits per heavy atom. The smallest absolute Gasteiger partial charge is 0.149 e. The molecule has 0 aliphatic rings. The minimum Gasteiger partial charge on any atom is -0.330 e. The first-order valence-corrected chi connectivity index (χ1v) is 8.21. The molecule has 1 atom stereocenters. The molecular weight excluding hydrogens is 250 g/mol. The van der Waals surface area contributed by atoms with Crippen molar-refractivity contribution in [3.8, 4) is 0 Å². The Morgan fingerprint density at radius 1 is 1.39 bits per heavy atom. The average molecular weight is 273 g/mol. The molecule has 6 heteroatoms. The van der Waals surface area contributed by atoms with Gasteiger partial charge in [0.15, 0.2) is 0 Å². The number of hydrogen-bond acceptors (Lipinski definition) is 4. The lowest BCUT2D eigenvalue weighted by Gasteiger charge is -2.09. The van der Waals surface area contributed by atoms with Crippen molar-refractivity contribution in [3.63, 3.8) is 0 Å². The molecule has 0 fully saturated rings. The van der Waals surface area contributed by atoms with Crippen molar-refractivity contribution in [2.75, 3.05) is 18.6 Å². The van der Waals surface area contributed by atoms with Crippen molar-refractivity contribution < 1.29 is 8.42 Å². The molecule has 5 nitrogen and oxygen atoms in total. The van der Waals surface area contributed by atoms with Gasteiger partial charge in [-0.25, -0.2) is 8.42 Å². The maximum Gasteiger partial charge on any atom is 0.149 e. The van der Waals surface area contributed by atoms with Crippen LogP contribution in [0, 0.1) is 19.8 Å². The second-order valence-electron chi connectivity index (χ2n) is 5.05. The lowest BCUT2D eigenvalue weighted by atomic mass is 10.00. The summed E-state index contributed by atoms with van der Waals surface area (Å²) < 4.78 is 24.1. The molecule has 1 unspecified atom stereocenters. The van der Waals surface area contributed by atoms with E-state index in [1.54, 1.807) is 4.68 Å². The highest BCUT2D eigenvalue weighted by Crippen LogP contribution is 2.17. The molecule has 1 heterocycles. The van der Waals surface area contributed by atoms with E-state index in [1.807, 2.05) is 13.8 Å². The number of nitrogens with two attached hydrogens (primary N) is 1. The van der Waals surface area contributed by atoms with Crippen molar-refractivity contribution >= 4 is 9.84 Å². The van der Waals surface area contributed by atoms with E-state index in [-0.39, 0.29) is 5.75 Å². The highest BCUT2D eigenvalue weighted by molar-refractivity contribution is 7.90. The van der Waals surface area contributed by atoms with E-state index in [2.05, 4.69) is 12.0 Å². The summed E-state index contributed by atoms with van der Waals surface area (Å²) in [5, 5.41) is 4.41. The third-order valence-electron chi connectivity index (χ3n) is 3.16. The van der Waals surface area contributed by atoms with Gasteiger partial charge < -0.3 is 5.73 Å². The van der Waals surface area contributed by atoms with Gasteiger partial charge in [0, 0.05) is 11.9 Å².